The van der Waals surface area contributed by atoms with Gasteiger partial charge in [-0.1, -0.05) is 5.57 Å². The first-order chi connectivity index (χ1) is 5.02. The molecule has 0 radical (unpaired) electrons. The highest BCUT2D eigenvalue weighted by Gasteiger charge is 1.98. The maximum atomic E-state index is 11.0. The second-order valence-corrected chi connectivity index (χ2v) is 3.05. The molecule has 0 amide bonds. The molecule has 0 heterocycles. The molecule has 0 bridgehead atoms. The van der Waals surface area contributed by atoms with Crippen molar-refractivity contribution in [2.45, 2.75) is 33.8 Å². The van der Waals surface area contributed by atoms with Crippen LogP contribution < -0.4 is 0 Å². The van der Waals surface area contributed by atoms with E-state index in [4.69, 9.17) is 4.74 Å². The maximum absolute atomic E-state index is 11.0. The summed E-state index contributed by atoms with van der Waals surface area (Å²) in [6, 6.07) is 0. The molecular formula is C9H16O2. The van der Waals surface area contributed by atoms with Gasteiger partial charge in [-0.3, -0.25) is 4.79 Å². The molecule has 0 aromatic rings. The van der Waals surface area contributed by atoms with E-state index in [-0.39, 0.29) is 18.5 Å². The summed E-state index contributed by atoms with van der Waals surface area (Å²) in [7, 11) is 0. The molecule has 0 saturated heterocycles. The lowest BCUT2D eigenvalue weighted by Crippen LogP contribution is -2.11. The Bertz CT molecular complexity index is 153. The number of ketones is 1. The van der Waals surface area contributed by atoms with Crippen LogP contribution in [0.1, 0.15) is 27.7 Å². The van der Waals surface area contributed by atoms with Crippen LogP contribution in [-0.2, 0) is 9.53 Å². The Balaban J connectivity index is 3.63. The minimum atomic E-state index is 0.0405. The number of allylic oxidation sites excluding steroid dienone is 1. The number of hydrogen-bond donors (Lipinski definition) is 0. The van der Waals surface area contributed by atoms with Crippen LogP contribution in [0.2, 0.25) is 0 Å². The zero-order valence-electron chi connectivity index (χ0n) is 7.68. The summed E-state index contributed by atoms with van der Waals surface area (Å²) in [6.45, 7) is 7.81. The van der Waals surface area contributed by atoms with E-state index in [0.29, 0.717) is 0 Å². The lowest BCUT2D eigenvalue weighted by Gasteiger charge is -2.03. The van der Waals surface area contributed by atoms with E-state index in [2.05, 4.69) is 0 Å². The summed E-state index contributed by atoms with van der Waals surface area (Å²) in [5.41, 5.74) is 1.02. The molecule has 0 aromatic carbocycles. The third kappa shape index (κ3) is 7.26. The van der Waals surface area contributed by atoms with E-state index in [1.807, 2.05) is 27.7 Å². The molecule has 2 heteroatoms. The molecule has 0 unspecified atom stereocenters. The fourth-order valence-corrected chi connectivity index (χ4v) is 0.612. The minimum absolute atomic E-state index is 0.0405. The summed E-state index contributed by atoms with van der Waals surface area (Å²) in [5.74, 6) is 0.0405. The van der Waals surface area contributed by atoms with Gasteiger partial charge in [-0.2, -0.15) is 0 Å². The van der Waals surface area contributed by atoms with Gasteiger partial charge in [-0.25, -0.2) is 0 Å². The van der Waals surface area contributed by atoms with Gasteiger partial charge in [0.15, 0.2) is 5.78 Å². The zero-order valence-corrected chi connectivity index (χ0v) is 7.68. The average Bonchev–Trinajstić information content (AvgIpc) is 1.82. The number of carbonyl (C=O) groups is 1. The van der Waals surface area contributed by atoms with Crippen LogP contribution in [0.3, 0.4) is 0 Å². The van der Waals surface area contributed by atoms with Crippen molar-refractivity contribution in [2.75, 3.05) is 6.61 Å². The molecule has 11 heavy (non-hydrogen) atoms. The van der Waals surface area contributed by atoms with Crippen molar-refractivity contribution in [2.24, 2.45) is 0 Å². The molecule has 0 aliphatic heterocycles. The van der Waals surface area contributed by atoms with Crippen molar-refractivity contribution in [1.29, 1.82) is 0 Å². The van der Waals surface area contributed by atoms with E-state index >= 15 is 0 Å². The van der Waals surface area contributed by atoms with Crippen molar-refractivity contribution < 1.29 is 9.53 Å². The van der Waals surface area contributed by atoms with Gasteiger partial charge < -0.3 is 4.74 Å². The second kappa shape index (κ2) is 5.08. The van der Waals surface area contributed by atoms with Crippen molar-refractivity contribution in [3.8, 4) is 0 Å². The quantitative estimate of drug-likeness (QED) is 0.581. The summed E-state index contributed by atoms with van der Waals surface area (Å²) < 4.78 is 5.11. The molecule has 0 spiro atoms. The first-order valence-corrected chi connectivity index (χ1v) is 3.81. The first kappa shape index (κ1) is 10.4. The molecule has 0 rings (SSSR count). The predicted octanol–water partition coefficient (Wildman–Crippen LogP) is 1.95. The van der Waals surface area contributed by atoms with Crippen LogP contribution in [0.5, 0.6) is 0 Å². The van der Waals surface area contributed by atoms with Gasteiger partial charge in [0.25, 0.3) is 0 Å². The Morgan fingerprint density at radius 1 is 1.45 bits per heavy atom. The van der Waals surface area contributed by atoms with Crippen molar-refractivity contribution >= 4 is 5.78 Å². The van der Waals surface area contributed by atoms with E-state index in [9.17, 15) is 4.79 Å². The van der Waals surface area contributed by atoms with Crippen molar-refractivity contribution in [1.82, 2.24) is 0 Å². The first-order valence-electron chi connectivity index (χ1n) is 3.81. The van der Waals surface area contributed by atoms with Crippen LogP contribution in [0.4, 0.5) is 0 Å². The molecule has 0 aliphatic carbocycles. The summed E-state index contributed by atoms with van der Waals surface area (Å²) >= 11 is 0. The minimum Gasteiger partial charge on any atom is -0.371 e. The molecule has 0 atom stereocenters. The number of carbonyl (C=O) groups excluding carboxylic acids is 1. The molecule has 0 aromatic heterocycles. The monoisotopic (exact) mass is 156 g/mol. The Morgan fingerprint density at radius 2 is 2.00 bits per heavy atom. The third-order valence-corrected chi connectivity index (χ3v) is 1.01. The van der Waals surface area contributed by atoms with Crippen LogP contribution in [0.15, 0.2) is 11.6 Å². The van der Waals surface area contributed by atoms with Gasteiger partial charge in [0, 0.05) is 0 Å². The smallest absolute Gasteiger partial charge is 0.181 e. The highest BCUT2D eigenvalue weighted by molar-refractivity contribution is 5.91. The highest BCUT2D eigenvalue weighted by atomic mass is 16.5. The Labute approximate surface area is 68.2 Å². The molecular weight excluding hydrogens is 140 g/mol. The van der Waals surface area contributed by atoms with Crippen LogP contribution >= 0.6 is 0 Å². The molecule has 2 nitrogen and oxygen atoms in total. The van der Waals surface area contributed by atoms with Gasteiger partial charge >= 0.3 is 0 Å². The molecule has 0 aliphatic rings. The average molecular weight is 156 g/mol. The second-order valence-electron chi connectivity index (χ2n) is 3.05. The molecule has 0 fully saturated rings. The van der Waals surface area contributed by atoms with Gasteiger partial charge in [-0.15, -0.1) is 0 Å². The van der Waals surface area contributed by atoms with Crippen LogP contribution in [-0.4, -0.2) is 18.5 Å². The molecule has 0 saturated carbocycles. The van der Waals surface area contributed by atoms with Crippen molar-refractivity contribution in [3.05, 3.63) is 11.6 Å². The molecule has 0 N–H and O–H groups in total. The van der Waals surface area contributed by atoms with Gasteiger partial charge in [0.1, 0.15) is 6.61 Å². The Morgan fingerprint density at radius 3 is 2.36 bits per heavy atom. The third-order valence-electron chi connectivity index (χ3n) is 1.01. The van der Waals surface area contributed by atoms with E-state index in [1.54, 1.807) is 6.08 Å². The number of hydrogen-bond acceptors (Lipinski definition) is 2. The van der Waals surface area contributed by atoms with Gasteiger partial charge in [0.2, 0.25) is 0 Å². The molecule has 64 valence electrons. The van der Waals surface area contributed by atoms with E-state index < -0.39 is 0 Å². The van der Waals surface area contributed by atoms with E-state index in [0.717, 1.165) is 5.57 Å². The zero-order chi connectivity index (χ0) is 8.85. The van der Waals surface area contributed by atoms with Crippen molar-refractivity contribution in [3.63, 3.8) is 0 Å². The van der Waals surface area contributed by atoms with Crippen LogP contribution in [0.25, 0.3) is 0 Å². The highest BCUT2D eigenvalue weighted by Crippen LogP contribution is 1.92. The largest absolute Gasteiger partial charge is 0.371 e. The summed E-state index contributed by atoms with van der Waals surface area (Å²) in [4.78, 5) is 11.0. The number of ether oxygens (including phenoxy) is 1. The fourth-order valence-electron chi connectivity index (χ4n) is 0.612. The Hall–Kier alpha value is -0.630. The number of rotatable bonds is 4. The normalized spacial score (nSPS) is 9.91. The van der Waals surface area contributed by atoms with E-state index in [1.165, 1.54) is 0 Å². The fraction of sp³-hybridized carbons (Fsp3) is 0.667. The summed E-state index contributed by atoms with van der Waals surface area (Å²) in [5, 5.41) is 0. The topological polar surface area (TPSA) is 26.3 Å². The lowest BCUT2D eigenvalue weighted by atomic mass is 10.2. The SMILES string of the molecule is CC(C)=CC(=O)COC(C)C. The van der Waals surface area contributed by atoms with Gasteiger partial charge in [0.05, 0.1) is 6.10 Å². The van der Waals surface area contributed by atoms with Gasteiger partial charge in [-0.05, 0) is 33.8 Å². The Kier molecular flexibility index (Phi) is 4.79. The maximum Gasteiger partial charge on any atom is 0.181 e. The lowest BCUT2D eigenvalue weighted by molar-refractivity contribution is -0.120. The standard InChI is InChI=1S/C9H16O2/c1-7(2)5-9(10)6-11-8(3)4/h5,8H,6H2,1-4H3. The van der Waals surface area contributed by atoms with Crippen LogP contribution in [0, 0.1) is 0 Å². The predicted molar refractivity (Wildman–Crippen MR) is 45.5 cm³/mol. The summed E-state index contributed by atoms with van der Waals surface area (Å²) in [6.07, 6.45) is 1.73.